The van der Waals surface area contributed by atoms with Gasteiger partial charge in [0, 0.05) is 12.7 Å². The van der Waals surface area contributed by atoms with Crippen molar-refractivity contribution < 1.29 is 9.84 Å². The maximum absolute atomic E-state index is 10.4. The summed E-state index contributed by atoms with van der Waals surface area (Å²) in [6, 6.07) is 0. The van der Waals surface area contributed by atoms with Crippen molar-refractivity contribution >= 4 is 11.3 Å². The Morgan fingerprint density at radius 2 is 2.05 bits per heavy atom. The van der Waals surface area contributed by atoms with E-state index in [9.17, 15) is 5.11 Å². The predicted octanol–water partition coefficient (Wildman–Crippen LogP) is 2.85. The number of hydrogen-bond acceptors (Lipinski definition) is 5. The van der Waals surface area contributed by atoms with E-state index in [4.69, 9.17) is 4.74 Å². The summed E-state index contributed by atoms with van der Waals surface area (Å²) in [5.41, 5.74) is 1.80. The number of thiazole rings is 1. The number of aliphatic hydroxyl groups excluding tert-OH is 1. The van der Waals surface area contributed by atoms with Gasteiger partial charge in [-0.2, -0.15) is 0 Å². The van der Waals surface area contributed by atoms with Gasteiger partial charge in [0.15, 0.2) is 0 Å². The van der Waals surface area contributed by atoms with Gasteiger partial charge >= 0.3 is 0 Å². The molecule has 2 fully saturated rings. The van der Waals surface area contributed by atoms with Gasteiger partial charge in [-0.25, -0.2) is 0 Å². The van der Waals surface area contributed by atoms with Crippen molar-refractivity contribution in [2.45, 2.75) is 50.7 Å². The highest BCUT2D eigenvalue weighted by atomic mass is 32.1. The number of nitrogens with zero attached hydrogens (tertiary/aromatic N) is 2. The Morgan fingerprint density at radius 1 is 1.29 bits per heavy atom. The first-order valence-corrected chi connectivity index (χ1v) is 9.11. The van der Waals surface area contributed by atoms with Gasteiger partial charge in [0.25, 0.3) is 0 Å². The normalized spacial score (nSPS) is 28.8. The van der Waals surface area contributed by atoms with Crippen LogP contribution in [0.2, 0.25) is 0 Å². The average Bonchev–Trinajstić information content (AvgIpc) is 3.21. The highest BCUT2D eigenvalue weighted by molar-refractivity contribution is 7.09. The lowest BCUT2D eigenvalue weighted by Crippen LogP contribution is -2.29. The summed E-state index contributed by atoms with van der Waals surface area (Å²) < 4.78 is 6.03. The molecule has 0 aromatic carbocycles. The molecule has 118 valence electrons. The summed E-state index contributed by atoms with van der Waals surface area (Å²) in [6.07, 6.45) is 8.86. The van der Waals surface area contributed by atoms with Crippen LogP contribution in [-0.4, -0.2) is 47.3 Å². The molecule has 1 saturated carbocycles. The zero-order valence-corrected chi connectivity index (χ0v) is 13.4. The Morgan fingerprint density at radius 3 is 2.71 bits per heavy atom. The molecule has 1 aliphatic carbocycles. The van der Waals surface area contributed by atoms with Crippen molar-refractivity contribution in [1.29, 1.82) is 0 Å². The van der Waals surface area contributed by atoms with E-state index in [-0.39, 0.29) is 6.10 Å². The van der Waals surface area contributed by atoms with Gasteiger partial charge < -0.3 is 14.7 Å². The minimum atomic E-state index is -0.331. The molecule has 2 aliphatic rings. The predicted molar refractivity (Wildman–Crippen MR) is 84.4 cm³/mol. The van der Waals surface area contributed by atoms with Gasteiger partial charge in [-0.1, -0.05) is 0 Å². The largest absolute Gasteiger partial charge is 0.387 e. The highest BCUT2D eigenvalue weighted by Gasteiger charge is 2.28. The summed E-state index contributed by atoms with van der Waals surface area (Å²) in [6.45, 7) is 4.45. The molecule has 4 nitrogen and oxygen atoms in total. The van der Waals surface area contributed by atoms with Gasteiger partial charge in [0.2, 0.25) is 0 Å². The summed E-state index contributed by atoms with van der Waals surface area (Å²) in [7, 11) is 0. The minimum Gasteiger partial charge on any atom is -0.387 e. The van der Waals surface area contributed by atoms with Crippen LogP contribution < -0.4 is 0 Å². The van der Waals surface area contributed by atoms with Crippen molar-refractivity contribution in [3.05, 3.63) is 16.6 Å². The molecule has 1 aromatic rings. The van der Waals surface area contributed by atoms with E-state index < -0.39 is 0 Å². The fourth-order valence-electron chi connectivity index (χ4n) is 3.53. The molecule has 0 spiro atoms. The van der Waals surface area contributed by atoms with Crippen molar-refractivity contribution in [2.24, 2.45) is 5.92 Å². The summed E-state index contributed by atoms with van der Waals surface area (Å²) >= 11 is 1.56. The second-order valence-corrected chi connectivity index (χ2v) is 7.22. The van der Waals surface area contributed by atoms with E-state index in [0.29, 0.717) is 12.0 Å². The second-order valence-electron chi connectivity index (χ2n) is 6.30. The molecule has 2 heterocycles. The lowest BCUT2D eigenvalue weighted by atomic mass is 9.83. The third kappa shape index (κ3) is 4.25. The lowest BCUT2D eigenvalue weighted by Gasteiger charge is -2.31. The van der Waals surface area contributed by atoms with Gasteiger partial charge in [-0.05, 0) is 57.5 Å². The fraction of sp³-hybridized carbons (Fsp3) is 0.812. The molecule has 21 heavy (non-hydrogen) atoms. The molecule has 0 bridgehead atoms. The molecule has 1 N–H and O–H groups in total. The fourth-order valence-corrected chi connectivity index (χ4v) is 4.23. The number of ether oxygens (including phenoxy) is 1. The monoisotopic (exact) mass is 310 g/mol. The van der Waals surface area contributed by atoms with Gasteiger partial charge in [0.1, 0.15) is 0 Å². The van der Waals surface area contributed by atoms with Crippen LogP contribution in [0.5, 0.6) is 0 Å². The Kier molecular flexibility index (Phi) is 5.63. The van der Waals surface area contributed by atoms with E-state index in [0.717, 1.165) is 43.7 Å². The quantitative estimate of drug-likeness (QED) is 0.877. The maximum atomic E-state index is 10.4. The molecule has 5 heteroatoms. The van der Waals surface area contributed by atoms with Gasteiger partial charge in [-0.15, -0.1) is 11.3 Å². The molecular weight excluding hydrogens is 284 g/mol. The van der Waals surface area contributed by atoms with Crippen LogP contribution in [0.15, 0.2) is 11.7 Å². The maximum Gasteiger partial charge on any atom is 0.0926 e. The van der Waals surface area contributed by atoms with Crippen molar-refractivity contribution in [3.8, 4) is 0 Å². The van der Waals surface area contributed by atoms with E-state index in [1.807, 2.05) is 0 Å². The van der Waals surface area contributed by atoms with Crippen molar-refractivity contribution in [1.82, 2.24) is 9.88 Å². The summed E-state index contributed by atoms with van der Waals surface area (Å²) in [5.74, 6) is 0.379. The molecule has 1 atom stereocenters. The molecule has 1 aromatic heterocycles. The Labute approximate surface area is 131 Å². The molecule has 0 radical (unpaired) electrons. The Balaban J connectivity index is 1.35. The number of aromatic nitrogens is 1. The highest BCUT2D eigenvalue weighted by Crippen LogP contribution is 2.36. The third-order valence-corrected chi connectivity index (χ3v) is 5.71. The average molecular weight is 310 g/mol. The van der Waals surface area contributed by atoms with Crippen molar-refractivity contribution in [3.63, 3.8) is 0 Å². The second kappa shape index (κ2) is 7.68. The minimum absolute atomic E-state index is 0.331. The first-order chi connectivity index (χ1) is 10.3. The van der Waals surface area contributed by atoms with Crippen LogP contribution >= 0.6 is 11.3 Å². The van der Waals surface area contributed by atoms with Crippen LogP contribution in [0, 0.1) is 5.92 Å². The van der Waals surface area contributed by atoms with E-state index in [1.54, 1.807) is 23.0 Å². The number of aliphatic hydroxyl groups is 1. The van der Waals surface area contributed by atoms with Crippen LogP contribution in [0.25, 0.3) is 0 Å². The SMILES string of the molecule is OC(c1cncs1)C1CCC(OCCN2CCCC2)CC1. The number of likely N-dealkylation sites (tertiary alicyclic amines) is 1. The molecule has 1 unspecified atom stereocenters. The standard InChI is InChI=1S/C16H26N2O2S/c19-16(15-11-17-12-21-15)13-3-5-14(6-4-13)20-10-9-18-7-1-2-8-18/h11-14,16,19H,1-10H2. The van der Waals surface area contributed by atoms with Gasteiger partial charge in [0.05, 0.1) is 29.2 Å². The zero-order chi connectivity index (χ0) is 14.5. The zero-order valence-electron chi connectivity index (χ0n) is 12.6. The molecule has 0 amide bonds. The molecule has 1 saturated heterocycles. The Hall–Kier alpha value is -0.490. The van der Waals surface area contributed by atoms with E-state index in [2.05, 4.69) is 9.88 Å². The Bertz CT molecular complexity index is 398. The summed E-state index contributed by atoms with van der Waals surface area (Å²) in [4.78, 5) is 7.57. The molecule has 3 rings (SSSR count). The van der Waals surface area contributed by atoms with Gasteiger partial charge in [-0.3, -0.25) is 4.98 Å². The van der Waals surface area contributed by atoms with Crippen LogP contribution in [0.3, 0.4) is 0 Å². The third-order valence-electron chi connectivity index (χ3n) is 4.87. The first-order valence-electron chi connectivity index (χ1n) is 8.23. The van der Waals surface area contributed by atoms with E-state index in [1.165, 1.54) is 25.9 Å². The lowest BCUT2D eigenvalue weighted by molar-refractivity contribution is -0.0102. The smallest absolute Gasteiger partial charge is 0.0926 e. The molecular formula is C16H26N2O2S. The van der Waals surface area contributed by atoms with Crippen LogP contribution in [0.4, 0.5) is 0 Å². The molecule has 1 aliphatic heterocycles. The number of rotatable bonds is 6. The van der Waals surface area contributed by atoms with Crippen molar-refractivity contribution in [2.75, 3.05) is 26.2 Å². The van der Waals surface area contributed by atoms with Crippen LogP contribution in [-0.2, 0) is 4.74 Å². The van der Waals surface area contributed by atoms with Crippen LogP contribution in [0.1, 0.15) is 49.5 Å². The first kappa shape index (κ1) is 15.4. The summed E-state index contributed by atoms with van der Waals surface area (Å²) in [5, 5.41) is 10.4. The number of hydrogen-bond donors (Lipinski definition) is 1. The topological polar surface area (TPSA) is 45.6 Å². The van der Waals surface area contributed by atoms with E-state index >= 15 is 0 Å².